The average molecular weight is 324 g/mol. The average Bonchev–Trinajstić information content (AvgIpc) is 3.21. The minimum atomic E-state index is -0.214. The molecule has 2 amide bonds. The fourth-order valence-corrected chi connectivity index (χ4v) is 2.84. The summed E-state index contributed by atoms with van der Waals surface area (Å²) in [6.07, 6.45) is 2.32. The summed E-state index contributed by atoms with van der Waals surface area (Å²) in [4.78, 5) is 25.1. The molecule has 1 aliphatic rings. The van der Waals surface area contributed by atoms with Crippen molar-refractivity contribution < 1.29 is 9.59 Å². The monoisotopic (exact) mass is 324 g/mol. The zero-order valence-corrected chi connectivity index (χ0v) is 13.9. The molecule has 1 saturated heterocycles. The van der Waals surface area contributed by atoms with Crippen molar-refractivity contribution in [2.45, 2.75) is 20.3 Å². The number of carbonyl (C=O) groups is 2. The fraction of sp³-hybridized carbons (Fsp3) is 0.278. The third-order valence-electron chi connectivity index (χ3n) is 4.11. The molecule has 0 atom stereocenters. The van der Waals surface area contributed by atoms with Crippen molar-refractivity contribution >= 4 is 11.8 Å². The first-order valence-electron chi connectivity index (χ1n) is 7.90. The van der Waals surface area contributed by atoms with Gasteiger partial charge in [-0.1, -0.05) is 24.8 Å². The van der Waals surface area contributed by atoms with Gasteiger partial charge in [-0.05, 0) is 32.4 Å². The van der Waals surface area contributed by atoms with Gasteiger partial charge in [0.05, 0.1) is 23.1 Å². The summed E-state index contributed by atoms with van der Waals surface area (Å²) in [5.74, 6) is -0.421. The molecule has 0 aliphatic carbocycles. The zero-order chi connectivity index (χ0) is 17.3. The minimum absolute atomic E-state index is 0.207. The Hall–Kier alpha value is -2.89. The maximum atomic E-state index is 12.9. The minimum Gasteiger partial charge on any atom is -0.268 e. The molecule has 0 N–H and O–H groups in total. The Morgan fingerprint density at radius 2 is 1.79 bits per heavy atom. The van der Waals surface area contributed by atoms with Crippen molar-refractivity contribution in [1.82, 2.24) is 19.8 Å². The molecule has 6 nitrogen and oxygen atoms in total. The number of aromatic nitrogens is 2. The number of para-hydroxylation sites is 1. The molecule has 1 aliphatic heterocycles. The van der Waals surface area contributed by atoms with E-state index in [1.54, 1.807) is 17.8 Å². The van der Waals surface area contributed by atoms with Crippen LogP contribution in [0.25, 0.3) is 5.69 Å². The summed E-state index contributed by atoms with van der Waals surface area (Å²) in [6, 6.07) is 9.64. The van der Waals surface area contributed by atoms with Gasteiger partial charge in [0.15, 0.2) is 0 Å². The smallest absolute Gasteiger partial charge is 0.268 e. The maximum Gasteiger partial charge on any atom is 0.275 e. The normalized spacial score (nSPS) is 14.1. The molecular formula is C18H20N4O2. The van der Waals surface area contributed by atoms with Gasteiger partial charge in [-0.2, -0.15) is 5.10 Å². The van der Waals surface area contributed by atoms with Gasteiger partial charge in [0.1, 0.15) is 0 Å². The van der Waals surface area contributed by atoms with Crippen LogP contribution in [0.1, 0.15) is 29.4 Å². The number of benzene rings is 1. The number of hydrogen-bond acceptors (Lipinski definition) is 3. The molecule has 1 fully saturated rings. The van der Waals surface area contributed by atoms with E-state index in [1.807, 2.05) is 37.3 Å². The van der Waals surface area contributed by atoms with Crippen LogP contribution in [0.4, 0.5) is 0 Å². The van der Waals surface area contributed by atoms with Crippen LogP contribution in [-0.4, -0.2) is 44.7 Å². The largest absolute Gasteiger partial charge is 0.275 e. The lowest BCUT2D eigenvalue weighted by Gasteiger charge is -2.27. The molecule has 0 bridgehead atoms. The van der Waals surface area contributed by atoms with Crippen LogP contribution in [0, 0.1) is 6.92 Å². The van der Waals surface area contributed by atoms with E-state index >= 15 is 0 Å². The van der Waals surface area contributed by atoms with Crippen molar-refractivity contribution in [3.8, 4) is 5.69 Å². The van der Waals surface area contributed by atoms with Crippen LogP contribution in [0.3, 0.4) is 0 Å². The maximum absolute atomic E-state index is 12.9. The Balaban J connectivity index is 1.90. The van der Waals surface area contributed by atoms with E-state index in [0.717, 1.165) is 17.8 Å². The van der Waals surface area contributed by atoms with E-state index in [2.05, 4.69) is 11.7 Å². The second-order valence-corrected chi connectivity index (χ2v) is 5.88. The number of rotatable bonds is 3. The molecule has 0 unspecified atom stereocenters. The summed E-state index contributed by atoms with van der Waals surface area (Å²) >= 11 is 0. The number of nitrogens with zero attached hydrogens (tertiary/aromatic N) is 4. The molecule has 0 saturated carbocycles. The Labute approximate surface area is 140 Å². The van der Waals surface area contributed by atoms with Crippen molar-refractivity contribution in [3.05, 3.63) is 59.9 Å². The van der Waals surface area contributed by atoms with Gasteiger partial charge in [0, 0.05) is 18.7 Å². The fourth-order valence-electron chi connectivity index (χ4n) is 2.84. The molecule has 2 heterocycles. The molecule has 124 valence electrons. The first kappa shape index (κ1) is 16.0. The van der Waals surface area contributed by atoms with Gasteiger partial charge >= 0.3 is 0 Å². The molecule has 3 rings (SSSR count). The van der Waals surface area contributed by atoms with Crippen LogP contribution in [0.2, 0.25) is 0 Å². The van der Waals surface area contributed by atoms with Crippen LogP contribution < -0.4 is 0 Å². The third kappa shape index (κ3) is 2.71. The number of carbonyl (C=O) groups excluding carboxylic acids is 2. The summed E-state index contributed by atoms with van der Waals surface area (Å²) in [5, 5.41) is 7.30. The van der Waals surface area contributed by atoms with E-state index < -0.39 is 0 Å². The van der Waals surface area contributed by atoms with Gasteiger partial charge in [0.2, 0.25) is 0 Å². The summed E-state index contributed by atoms with van der Waals surface area (Å²) in [7, 11) is 0. The molecule has 0 spiro atoms. The summed E-state index contributed by atoms with van der Waals surface area (Å²) in [5.41, 5.74) is 2.57. The Morgan fingerprint density at radius 1 is 1.12 bits per heavy atom. The third-order valence-corrected chi connectivity index (χ3v) is 4.11. The highest BCUT2D eigenvalue weighted by atomic mass is 16.2. The lowest BCUT2D eigenvalue weighted by molar-refractivity contribution is -0.136. The quantitative estimate of drug-likeness (QED) is 0.814. The first-order chi connectivity index (χ1) is 11.5. The van der Waals surface area contributed by atoms with E-state index in [1.165, 1.54) is 10.0 Å². The number of hydrogen-bond donors (Lipinski definition) is 0. The predicted octanol–water partition coefficient (Wildman–Crippen LogP) is 2.35. The molecule has 6 heteroatoms. The van der Waals surface area contributed by atoms with Gasteiger partial charge in [-0.15, -0.1) is 0 Å². The molecule has 2 aromatic rings. The lowest BCUT2D eigenvalue weighted by Crippen LogP contribution is -2.45. The molecule has 1 aromatic heterocycles. The van der Waals surface area contributed by atoms with Crippen molar-refractivity contribution in [1.29, 1.82) is 0 Å². The van der Waals surface area contributed by atoms with Crippen molar-refractivity contribution in [2.24, 2.45) is 0 Å². The number of hydrazine groups is 1. The van der Waals surface area contributed by atoms with E-state index in [4.69, 9.17) is 0 Å². The van der Waals surface area contributed by atoms with Gasteiger partial charge in [0.25, 0.3) is 11.8 Å². The van der Waals surface area contributed by atoms with Crippen molar-refractivity contribution in [3.63, 3.8) is 0 Å². The van der Waals surface area contributed by atoms with E-state index in [9.17, 15) is 9.59 Å². The van der Waals surface area contributed by atoms with Crippen LogP contribution in [-0.2, 0) is 4.79 Å². The highest BCUT2D eigenvalue weighted by Gasteiger charge is 2.33. The Morgan fingerprint density at radius 3 is 2.46 bits per heavy atom. The highest BCUT2D eigenvalue weighted by molar-refractivity contribution is 5.99. The summed E-state index contributed by atoms with van der Waals surface area (Å²) in [6.45, 7) is 8.24. The van der Waals surface area contributed by atoms with Crippen molar-refractivity contribution in [2.75, 3.05) is 13.1 Å². The molecule has 0 radical (unpaired) electrons. The van der Waals surface area contributed by atoms with Gasteiger partial charge in [-0.25, -0.2) is 14.7 Å². The second kappa shape index (κ2) is 6.31. The highest BCUT2D eigenvalue weighted by Crippen LogP contribution is 2.20. The molecular weight excluding hydrogens is 304 g/mol. The van der Waals surface area contributed by atoms with E-state index in [-0.39, 0.29) is 11.8 Å². The first-order valence-corrected chi connectivity index (χ1v) is 7.90. The van der Waals surface area contributed by atoms with Crippen LogP contribution in [0.5, 0.6) is 0 Å². The molecule has 24 heavy (non-hydrogen) atoms. The van der Waals surface area contributed by atoms with Gasteiger partial charge in [-0.3, -0.25) is 9.59 Å². The Kier molecular flexibility index (Phi) is 4.20. The van der Waals surface area contributed by atoms with Gasteiger partial charge < -0.3 is 0 Å². The zero-order valence-electron chi connectivity index (χ0n) is 13.9. The van der Waals surface area contributed by atoms with Crippen LogP contribution in [0.15, 0.2) is 48.7 Å². The molecule has 1 aromatic carbocycles. The standard InChI is InChI=1S/C18H20N4O2/c1-13(2)17(23)20-10-7-11-21(20)18(24)16-12-19-22(14(16)3)15-8-5-4-6-9-15/h4-6,8-9,12H,1,7,10-11H2,2-3H3. The second-order valence-electron chi connectivity index (χ2n) is 5.88. The topological polar surface area (TPSA) is 58.4 Å². The SMILES string of the molecule is C=C(C)C(=O)N1CCCN1C(=O)c1cnn(-c2ccccc2)c1C. The predicted molar refractivity (Wildman–Crippen MR) is 90.5 cm³/mol. The van der Waals surface area contributed by atoms with Crippen LogP contribution >= 0.6 is 0 Å². The summed E-state index contributed by atoms with van der Waals surface area (Å²) < 4.78 is 1.73. The Bertz CT molecular complexity index is 795. The van der Waals surface area contributed by atoms with E-state index in [0.29, 0.717) is 24.2 Å². The number of amides is 2. The lowest BCUT2D eigenvalue weighted by atomic mass is 10.2.